The highest BCUT2D eigenvalue weighted by atomic mass is 16.8. The average molecular weight is 867 g/mol. The monoisotopic (exact) mass is 867 g/mol. The summed E-state index contributed by atoms with van der Waals surface area (Å²) in [5.74, 6) is 0. The average Bonchev–Trinajstić information content (AvgIpc) is 3.27. The molecule has 0 aromatic heterocycles. The van der Waals surface area contributed by atoms with Gasteiger partial charge in [-0.1, -0.05) is 208 Å². The third kappa shape index (κ3) is 45.6. The van der Waals surface area contributed by atoms with Crippen molar-refractivity contribution in [2.24, 2.45) is 0 Å². The topological polar surface area (TPSA) is 64.6 Å². The van der Waals surface area contributed by atoms with Crippen LogP contribution in [0.5, 0.6) is 0 Å². The molecule has 0 bridgehead atoms. The zero-order valence-electron chi connectivity index (χ0n) is 41.8. The van der Waals surface area contributed by atoms with E-state index in [9.17, 15) is 0 Å². The van der Waals surface area contributed by atoms with Gasteiger partial charge in [-0.3, -0.25) is 0 Å². The van der Waals surface area contributed by atoms with Crippen molar-refractivity contribution in [2.45, 2.75) is 285 Å². The van der Waals surface area contributed by atoms with E-state index in [-0.39, 0.29) is 12.6 Å². The minimum atomic E-state index is -0.488. The van der Waals surface area contributed by atoms with Gasteiger partial charge in [0.2, 0.25) is 0 Å². The summed E-state index contributed by atoms with van der Waals surface area (Å²) in [6, 6.07) is 0. The Hall–Kier alpha value is -0.800. The van der Waals surface area contributed by atoms with E-state index in [0.717, 1.165) is 90.6 Å². The molecule has 0 saturated carbocycles. The smallest absolute Gasteiger partial charge is 0.180 e. The van der Waals surface area contributed by atoms with Crippen molar-refractivity contribution in [3.05, 3.63) is 24.3 Å². The maximum Gasteiger partial charge on any atom is 0.180 e. The second kappa shape index (κ2) is 51.8. The van der Waals surface area contributed by atoms with E-state index in [1.54, 1.807) is 0 Å². The van der Waals surface area contributed by atoms with Crippen LogP contribution in [0.1, 0.15) is 260 Å². The summed E-state index contributed by atoms with van der Waals surface area (Å²) in [5.41, 5.74) is 0. The first-order valence-electron chi connectivity index (χ1n) is 26.8. The van der Waals surface area contributed by atoms with E-state index in [1.807, 2.05) is 0 Å². The summed E-state index contributed by atoms with van der Waals surface area (Å²) < 4.78 is 44.6. The molecule has 0 fully saturated rings. The third-order valence-corrected chi connectivity index (χ3v) is 11.3. The van der Waals surface area contributed by atoms with Gasteiger partial charge in [0.1, 0.15) is 0 Å². The Bertz CT molecular complexity index is 770. The Labute approximate surface area is 380 Å². The SMILES string of the molecule is CCCCCCCCCOC(C=CCCC(OCCCCCC)OCCCCCC)OC(C=CCCC(OCCCCCC)OCCCCCC)OCCCCCCCCC. The molecule has 0 aliphatic heterocycles. The molecule has 0 aromatic rings. The Morgan fingerprint density at radius 2 is 0.508 bits per heavy atom. The van der Waals surface area contributed by atoms with Crippen molar-refractivity contribution in [2.75, 3.05) is 39.6 Å². The number of allylic oxidation sites excluding steroid dienone is 2. The molecule has 0 amide bonds. The van der Waals surface area contributed by atoms with Gasteiger partial charge in [-0.25, -0.2) is 0 Å². The molecule has 0 N–H and O–H groups in total. The molecule has 0 aliphatic carbocycles. The van der Waals surface area contributed by atoms with Gasteiger partial charge in [-0.2, -0.15) is 0 Å². The fourth-order valence-corrected chi connectivity index (χ4v) is 7.21. The number of rotatable bonds is 52. The lowest BCUT2D eigenvalue weighted by atomic mass is 10.1. The molecule has 0 aliphatic rings. The van der Waals surface area contributed by atoms with Gasteiger partial charge in [0.25, 0.3) is 0 Å². The predicted molar refractivity (Wildman–Crippen MR) is 261 cm³/mol. The normalized spacial score (nSPS) is 13.2. The van der Waals surface area contributed by atoms with Crippen molar-refractivity contribution >= 4 is 0 Å². The lowest BCUT2D eigenvalue weighted by molar-refractivity contribution is -0.208. The molecule has 0 heterocycles. The second-order valence-electron chi connectivity index (χ2n) is 17.5. The molecule has 7 nitrogen and oxygen atoms in total. The lowest BCUT2D eigenvalue weighted by Crippen LogP contribution is -2.25. The number of ether oxygens (including phenoxy) is 7. The fourth-order valence-electron chi connectivity index (χ4n) is 7.21. The fraction of sp³-hybridized carbons (Fsp3) is 0.926. The number of hydrogen-bond acceptors (Lipinski definition) is 7. The first kappa shape index (κ1) is 60.2. The summed E-state index contributed by atoms with van der Waals surface area (Å²) in [6.45, 7) is 18.0. The van der Waals surface area contributed by atoms with E-state index in [2.05, 4.69) is 65.8 Å². The molecular weight excluding hydrogens is 761 g/mol. The molecule has 0 rings (SSSR count). The van der Waals surface area contributed by atoms with Crippen LogP contribution in [0.25, 0.3) is 0 Å². The maximum atomic E-state index is 6.65. The lowest BCUT2D eigenvalue weighted by Gasteiger charge is -2.22. The Morgan fingerprint density at radius 1 is 0.279 bits per heavy atom. The van der Waals surface area contributed by atoms with Crippen LogP contribution in [-0.2, 0) is 33.2 Å². The quantitative estimate of drug-likeness (QED) is 0.0343. The standard InChI is InChI=1S/C54H106O7/c1-7-13-19-25-27-29-39-49-59-53(43-33-31-41-51(55-45-35-21-15-9-3)56-46-36-22-16-10-4)61-54(60-50-40-30-28-26-20-14-8-2)44-34-32-42-52(57-47-37-23-17-11-5)58-48-38-24-18-12-6/h33-34,43-44,51-54H,7-32,35-42,45-50H2,1-6H3. The Kier molecular flexibility index (Phi) is 51.2. The van der Waals surface area contributed by atoms with Gasteiger partial charge in [-0.15, -0.1) is 0 Å². The largest absolute Gasteiger partial charge is 0.353 e. The van der Waals surface area contributed by atoms with Crippen molar-refractivity contribution in [3.63, 3.8) is 0 Å². The van der Waals surface area contributed by atoms with Crippen molar-refractivity contribution in [1.82, 2.24) is 0 Å². The van der Waals surface area contributed by atoms with Crippen LogP contribution in [0.3, 0.4) is 0 Å². The van der Waals surface area contributed by atoms with E-state index in [4.69, 9.17) is 33.2 Å². The molecule has 61 heavy (non-hydrogen) atoms. The van der Waals surface area contributed by atoms with Crippen LogP contribution < -0.4 is 0 Å². The Balaban J connectivity index is 5.73. The summed E-state index contributed by atoms with van der Waals surface area (Å²) in [6.07, 6.45) is 47.3. The molecule has 2 unspecified atom stereocenters. The van der Waals surface area contributed by atoms with Gasteiger partial charge >= 0.3 is 0 Å². The zero-order valence-corrected chi connectivity index (χ0v) is 41.8. The Morgan fingerprint density at radius 3 is 0.787 bits per heavy atom. The van der Waals surface area contributed by atoms with Gasteiger partial charge in [0.15, 0.2) is 25.2 Å². The molecular formula is C54H106O7. The summed E-state index contributed by atoms with van der Waals surface area (Å²) >= 11 is 0. The minimum absolute atomic E-state index is 0.175. The molecule has 364 valence electrons. The van der Waals surface area contributed by atoms with Crippen molar-refractivity contribution in [3.8, 4) is 0 Å². The van der Waals surface area contributed by atoms with Gasteiger partial charge in [0.05, 0.1) is 13.2 Å². The molecule has 0 saturated heterocycles. The highest BCUT2D eigenvalue weighted by molar-refractivity contribution is 4.90. The molecule has 7 heteroatoms. The summed E-state index contributed by atoms with van der Waals surface area (Å²) in [5, 5.41) is 0. The van der Waals surface area contributed by atoms with Crippen LogP contribution >= 0.6 is 0 Å². The second-order valence-corrected chi connectivity index (χ2v) is 17.5. The first-order valence-corrected chi connectivity index (χ1v) is 26.8. The molecule has 0 radical (unpaired) electrons. The van der Waals surface area contributed by atoms with Crippen LogP contribution in [0.4, 0.5) is 0 Å². The van der Waals surface area contributed by atoms with Gasteiger partial charge < -0.3 is 33.2 Å². The van der Waals surface area contributed by atoms with Crippen molar-refractivity contribution in [1.29, 1.82) is 0 Å². The van der Waals surface area contributed by atoms with Gasteiger partial charge in [0, 0.05) is 39.3 Å². The number of unbranched alkanes of at least 4 members (excludes halogenated alkanes) is 24. The van der Waals surface area contributed by atoms with Crippen molar-refractivity contribution < 1.29 is 33.2 Å². The predicted octanol–water partition coefficient (Wildman–Crippen LogP) is 16.9. The number of hydrogen-bond donors (Lipinski definition) is 0. The van der Waals surface area contributed by atoms with Gasteiger partial charge in [-0.05, 0) is 63.5 Å². The molecule has 0 aromatic carbocycles. The van der Waals surface area contributed by atoms with Crippen LogP contribution in [0.2, 0.25) is 0 Å². The maximum absolute atomic E-state index is 6.65. The summed E-state index contributed by atoms with van der Waals surface area (Å²) in [7, 11) is 0. The zero-order chi connectivity index (χ0) is 44.4. The van der Waals surface area contributed by atoms with Crippen LogP contribution in [0, 0.1) is 0 Å². The highest BCUT2D eigenvalue weighted by Crippen LogP contribution is 2.16. The first-order chi connectivity index (χ1) is 30.1. The van der Waals surface area contributed by atoms with E-state index >= 15 is 0 Å². The molecule has 0 spiro atoms. The van der Waals surface area contributed by atoms with Crippen LogP contribution in [0.15, 0.2) is 24.3 Å². The third-order valence-electron chi connectivity index (χ3n) is 11.3. The highest BCUT2D eigenvalue weighted by Gasteiger charge is 2.15. The van der Waals surface area contributed by atoms with E-state index < -0.39 is 12.6 Å². The van der Waals surface area contributed by atoms with E-state index in [1.165, 1.54) is 154 Å². The minimum Gasteiger partial charge on any atom is -0.353 e. The van der Waals surface area contributed by atoms with E-state index in [0.29, 0.717) is 13.2 Å². The summed E-state index contributed by atoms with van der Waals surface area (Å²) in [4.78, 5) is 0. The molecule has 2 atom stereocenters. The van der Waals surface area contributed by atoms with Crippen LogP contribution in [-0.4, -0.2) is 64.8 Å².